The summed E-state index contributed by atoms with van der Waals surface area (Å²) in [4.78, 5) is 15.5. The molecular formula is C20H21F5N2O3. The van der Waals surface area contributed by atoms with Gasteiger partial charge in [0.2, 0.25) is 0 Å². The van der Waals surface area contributed by atoms with Crippen molar-refractivity contribution in [3.63, 3.8) is 0 Å². The minimum absolute atomic E-state index is 0.0235. The van der Waals surface area contributed by atoms with Gasteiger partial charge in [0.15, 0.2) is 5.69 Å². The van der Waals surface area contributed by atoms with Crippen LogP contribution in [0.3, 0.4) is 0 Å². The molecule has 2 heterocycles. The Bertz CT molecular complexity index is 901. The molecule has 0 saturated carbocycles. The van der Waals surface area contributed by atoms with E-state index in [2.05, 4.69) is 9.72 Å². The third-order valence-corrected chi connectivity index (χ3v) is 4.67. The number of carbonyl (C=O) groups is 1. The van der Waals surface area contributed by atoms with E-state index in [1.165, 1.54) is 0 Å². The van der Waals surface area contributed by atoms with Gasteiger partial charge in [-0.15, -0.1) is 0 Å². The number of rotatable bonds is 5. The second-order valence-electron chi connectivity index (χ2n) is 7.35. The average Bonchev–Trinajstić information content (AvgIpc) is 3.06. The largest absolute Gasteiger partial charge is 0.496 e. The molecule has 1 aliphatic rings. The predicted octanol–water partition coefficient (Wildman–Crippen LogP) is 5.31. The number of alkyl halides is 5. The molecule has 164 valence electrons. The molecule has 0 N–H and O–H groups in total. The lowest BCUT2D eigenvalue weighted by molar-refractivity contribution is -0.141. The quantitative estimate of drug-likeness (QED) is 0.358. The summed E-state index contributed by atoms with van der Waals surface area (Å²) in [7, 11) is 0.930. The maximum Gasteiger partial charge on any atom is 0.434 e. The van der Waals surface area contributed by atoms with Crippen molar-refractivity contribution in [3.05, 3.63) is 33.8 Å². The lowest BCUT2D eigenvalue weighted by atomic mass is 9.86. The molecule has 1 atom stereocenters. The maximum absolute atomic E-state index is 13.9. The van der Waals surface area contributed by atoms with Gasteiger partial charge in [-0.05, 0) is 24.3 Å². The highest BCUT2D eigenvalue weighted by atomic mass is 19.4. The lowest BCUT2D eigenvalue weighted by Gasteiger charge is -2.23. The fourth-order valence-electron chi connectivity index (χ4n) is 3.40. The molecule has 30 heavy (non-hydrogen) atoms. The highest BCUT2D eigenvalue weighted by Gasteiger charge is 2.43. The van der Waals surface area contributed by atoms with Gasteiger partial charge >= 0.3 is 12.1 Å². The molecule has 1 fully saturated rings. The number of aromatic nitrogens is 1. The van der Waals surface area contributed by atoms with Gasteiger partial charge in [0, 0.05) is 11.5 Å². The molecular weight excluding hydrogens is 411 g/mol. The van der Waals surface area contributed by atoms with Crippen molar-refractivity contribution in [1.29, 1.82) is 5.26 Å². The van der Waals surface area contributed by atoms with E-state index in [-0.39, 0.29) is 36.2 Å². The van der Waals surface area contributed by atoms with Crippen molar-refractivity contribution < 1.29 is 36.2 Å². The zero-order valence-electron chi connectivity index (χ0n) is 16.9. The first-order chi connectivity index (χ1) is 13.9. The summed E-state index contributed by atoms with van der Waals surface area (Å²) in [5.41, 5.74) is -5.22. The highest BCUT2D eigenvalue weighted by Crippen LogP contribution is 2.43. The summed E-state index contributed by atoms with van der Waals surface area (Å²) >= 11 is 0. The zero-order chi connectivity index (χ0) is 22.8. The molecule has 0 spiro atoms. The Kier molecular flexibility index (Phi) is 7.06. The van der Waals surface area contributed by atoms with E-state index in [1.807, 2.05) is 0 Å². The SMILES string of the molecule is COC(=O)c1c(C(F)F)nc(C(F)(F)F)c(C(C#N)=C2OCCC2C)c1CC(C)C. The normalized spacial score (nSPS) is 18.4. The van der Waals surface area contributed by atoms with Crippen LogP contribution in [0.2, 0.25) is 0 Å². The average molecular weight is 432 g/mol. The van der Waals surface area contributed by atoms with Gasteiger partial charge in [-0.25, -0.2) is 18.6 Å². The predicted molar refractivity (Wildman–Crippen MR) is 96.3 cm³/mol. The van der Waals surface area contributed by atoms with E-state index < -0.39 is 46.7 Å². The van der Waals surface area contributed by atoms with Crippen LogP contribution in [0.1, 0.15) is 66.5 Å². The first-order valence-electron chi connectivity index (χ1n) is 9.21. The van der Waals surface area contributed by atoms with Gasteiger partial charge in [0.05, 0.1) is 24.9 Å². The number of carbonyl (C=O) groups excluding carboxylic acids is 1. The van der Waals surface area contributed by atoms with E-state index in [0.717, 1.165) is 7.11 Å². The minimum atomic E-state index is -5.15. The third kappa shape index (κ3) is 4.55. The van der Waals surface area contributed by atoms with Gasteiger partial charge in [-0.1, -0.05) is 20.8 Å². The number of pyridine rings is 1. The van der Waals surface area contributed by atoms with Crippen molar-refractivity contribution in [2.75, 3.05) is 13.7 Å². The van der Waals surface area contributed by atoms with Gasteiger partial charge in [0.1, 0.15) is 17.5 Å². The van der Waals surface area contributed by atoms with Gasteiger partial charge in [-0.3, -0.25) is 0 Å². The molecule has 0 amide bonds. The molecule has 0 aromatic carbocycles. The summed E-state index contributed by atoms with van der Waals surface area (Å²) in [5.74, 6) is -1.90. The molecule has 0 radical (unpaired) electrons. The number of hydrogen-bond acceptors (Lipinski definition) is 5. The molecule has 5 nitrogen and oxygen atoms in total. The van der Waals surface area contributed by atoms with Crippen LogP contribution in [0.25, 0.3) is 5.57 Å². The van der Waals surface area contributed by atoms with Crippen molar-refractivity contribution in [1.82, 2.24) is 4.98 Å². The molecule has 1 aliphatic heterocycles. The second-order valence-corrected chi connectivity index (χ2v) is 7.35. The Labute approximate surface area is 170 Å². The van der Waals surface area contributed by atoms with Crippen LogP contribution >= 0.6 is 0 Å². The summed E-state index contributed by atoms with van der Waals surface area (Å²) in [6.07, 6.45) is -8.31. The molecule has 10 heteroatoms. The van der Waals surface area contributed by atoms with Gasteiger partial charge < -0.3 is 9.47 Å². The van der Waals surface area contributed by atoms with Crippen molar-refractivity contribution in [3.8, 4) is 6.07 Å². The standard InChI is InChI=1S/C20H21F5N2O3/c1-9(2)7-11-13(12(8-26)16-10(3)5-6-30-16)17(20(23,24)25)27-15(18(21)22)14(11)19(28)29-4/h9-10,18H,5-7H2,1-4H3. The van der Waals surface area contributed by atoms with E-state index in [4.69, 9.17) is 4.74 Å². The van der Waals surface area contributed by atoms with Crippen LogP contribution < -0.4 is 0 Å². The van der Waals surface area contributed by atoms with Crippen LogP contribution in [0.4, 0.5) is 22.0 Å². The summed E-state index contributed by atoms with van der Waals surface area (Å²) in [6.45, 7) is 5.18. The molecule has 1 aromatic heterocycles. The van der Waals surface area contributed by atoms with Crippen LogP contribution in [0, 0.1) is 23.2 Å². The third-order valence-electron chi connectivity index (χ3n) is 4.67. The first-order valence-corrected chi connectivity index (χ1v) is 9.21. The van der Waals surface area contributed by atoms with Crippen LogP contribution in [-0.2, 0) is 22.1 Å². The van der Waals surface area contributed by atoms with Crippen molar-refractivity contribution in [2.24, 2.45) is 11.8 Å². The first kappa shape index (κ1) is 23.6. The van der Waals surface area contributed by atoms with Crippen LogP contribution in [0.15, 0.2) is 5.76 Å². The minimum Gasteiger partial charge on any atom is -0.496 e. The molecule has 1 saturated heterocycles. The molecule has 2 rings (SSSR count). The summed E-state index contributed by atoms with van der Waals surface area (Å²) in [5, 5.41) is 9.72. The van der Waals surface area contributed by atoms with Crippen molar-refractivity contribution in [2.45, 2.75) is 46.2 Å². The molecule has 1 aromatic rings. The van der Waals surface area contributed by atoms with Crippen molar-refractivity contribution >= 4 is 11.5 Å². The molecule has 1 unspecified atom stereocenters. The summed E-state index contributed by atoms with van der Waals surface area (Å²) in [6, 6.07) is 1.72. The van der Waals surface area contributed by atoms with E-state index >= 15 is 0 Å². The second kappa shape index (κ2) is 8.98. The smallest absolute Gasteiger partial charge is 0.434 e. The fourth-order valence-corrected chi connectivity index (χ4v) is 3.40. The van der Waals surface area contributed by atoms with E-state index in [0.29, 0.717) is 6.42 Å². The Morgan fingerprint density at radius 1 is 1.33 bits per heavy atom. The van der Waals surface area contributed by atoms with Gasteiger partial charge in [0.25, 0.3) is 6.43 Å². The highest BCUT2D eigenvalue weighted by molar-refractivity contribution is 5.96. The Morgan fingerprint density at radius 3 is 2.37 bits per heavy atom. The lowest BCUT2D eigenvalue weighted by Crippen LogP contribution is -2.23. The number of methoxy groups -OCH3 is 1. The monoisotopic (exact) mass is 432 g/mol. The number of ether oxygens (including phenoxy) is 2. The Balaban J connectivity index is 3.11. The van der Waals surface area contributed by atoms with Crippen LogP contribution in [0.5, 0.6) is 0 Å². The Morgan fingerprint density at radius 2 is 1.97 bits per heavy atom. The number of hydrogen-bond donors (Lipinski definition) is 0. The Hall–Kier alpha value is -2.70. The fraction of sp³-hybridized carbons (Fsp3) is 0.550. The summed E-state index contributed by atoms with van der Waals surface area (Å²) < 4.78 is 79.0. The topological polar surface area (TPSA) is 72.2 Å². The number of halogens is 5. The van der Waals surface area contributed by atoms with Crippen LogP contribution in [-0.4, -0.2) is 24.7 Å². The van der Waals surface area contributed by atoms with Gasteiger partial charge in [-0.2, -0.15) is 18.4 Å². The molecule has 0 aliphatic carbocycles. The number of esters is 1. The zero-order valence-corrected chi connectivity index (χ0v) is 16.9. The van der Waals surface area contributed by atoms with E-state index in [9.17, 15) is 32.0 Å². The maximum atomic E-state index is 13.9. The number of allylic oxidation sites excluding steroid dienone is 2. The van der Waals surface area contributed by atoms with E-state index in [1.54, 1.807) is 26.8 Å². The number of nitriles is 1. The molecule has 0 bridgehead atoms. The number of nitrogens with zero attached hydrogens (tertiary/aromatic N) is 2.